The first-order valence-electron chi connectivity index (χ1n) is 7.96. The zero-order valence-corrected chi connectivity index (χ0v) is 13.8. The van der Waals surface area contributed by atoms with Gasteiger partial charge in [-0.3, -0.25) is 9.59 Å². The van der Waals surface area contributed by atoms with Crippen molar-refractivity contribution in [1.82, 2.24) is 0 Å². The van der Waals surface area contributed by atoms with Gasteiger partial charge in [0.25, 0.3) is 0 Å². The zero-order valence-electron chi connectivity index (χ0n) is 13.8. The van der Waals surface area contributed by atoms with Crippen molar-refractivity contribution in [2.75, 3.05) is 0 Å². The fraction of sp³-hybridized carbons (Fsp3) is 0.200. The lowest BCUT2D eigenvalue weighted by atomic mass is 9.91. The highest BCUT2D eigenvalue weighted by molar-refractivity contribution is 6.17. The van der Waals surface area contributed by atoms with Gasteiger partial charge in [0, 0.05) is 0 Å². The number of hydrogen-bond donors (Lipinski definition) is 1. The summed E-state index contributed by atoms with van der Waals surface area (Å²) in [5.41, 5.74) is 0.831. The van der Waals surface area contributed by atoms with Gasteiger partial charge in [0.2, 0.25) is 5.78 Å². The van der Waals surface area contributed by atoms with Crippen LogP contribution in [0.2, 0.25) is 0 Å². The Balaban J connectivity index is 1.76. The molecule has 0 amide bonds. The lowest BCUT2D eigenvalue weighted by Gasteiger charge is -2.31. The molecule has 0 unspecified atom stereocenters. The summed E-state index contributed by atoms with van der Waals surface area (Å²) in [5.74, 6) is 0.632. The Morgan fingerprint density at radius 3 is 2.52 bits per heavy atom. The molecular formula is C20H16O5. The smallest absolute Gasteiger partial charge is 0.231 e. The van der Waals surface area contributed by atoms with Crippen molar-refractivity contribution < 1.29 is 24.2 Å². The number of carbonyl (C=O) groups excluding carboxylic acids is 2. The molecule has 1 N–H and O–H groups in total. The normalized spacial score (nSPS) is 19.2. The number of fused-ring (bicyclic) bond motifs is 3. The van der Waals surface area contributed by atoms with Gasteiger partial charge in [-0.25, -0.2) is 0 Å². The molecule has 0 aliphatic carbocycles. The molecule has 0 spiro atoms. The first-order chi connectivity index (χ1) is 11.8. The maximum absolute atomic E-state index is 12.6. The van der Waals surface area contributed by atoms with Gasteiger partial charge in [-0.2, -0.15) is 0 Å². The minimum atomic E-state index is -0.578. The number of rotatable bonds is 1. The number of hydrogen-bond acceptors (Lipinski definition) is 5. The van der Waals surface area contributed by atoms with Crippen LogP contribution in [0.25, 0.3) is 6.08 Å². The first-order valence-corrected chi connectivity index (χ1v) is 7.96. The molecule has 2 aromatic carbocycles. The Bertz CT molecular complexity index is 935. The van der Waals surface area contributed by atoms with Gasteiger partial charge in [-0.1, -0.05) is 12.1 Å². The third-order valence-electron chi connectivity index (χ3n) is 4.24. The predicted molar refractivity (Wildman–Crippen MR) is 91.1 cm³/mol. The van der Waals surface area contributed by atoms with E-state index in [2.05, 4.69) is 0 Å². The molecule has 0 saturated heterocycles. The van der Waals surface area contributed by atoms with Gasteiger partial charge >= 0.3 is 0 Å². The van der Waals surface area contributed by atoms with Crippen molar-refractivity contribution >= 4 is 17.6 Å². The van der Waals surface area contributed by atoms with Crippen LogP contribution >= 0.6 is 0 Å². The van der Waals surface area contributed by atoms with Crippen LogP contribution in [0, 0.1) is 0 Å². The second kappa shape index (κ2) is 5.21. The molecule has 0 atom stereocenters. The Morgan fingerprint density at radius 2 is 1.80 bits per heavy atom. The number of carbonyl (C=O) groups is 2. The van der Waals surface area contributed by atoms with Crippen LogP contribution in [0.1, 0.15) is 46.5 Å². The van der Waals surface area contributed by atoms with Crippen molar-refractivity contribution in [2.45, 2.75) is 25.9 Å². The third-order valence-corrected chi connectivity index (χ3v) is 4.24. The highest BCUT2D eigenvalue weighted by atomic mass is 16.5. The predicted octanol–water partition coefficient (Wildman–Crippen LogP) is 3.75. The van der Waals surface area contributed by atoms with Gasteiger partial charge in [0.05, 0.1) is 12.0 Å². The van der Waals surface area contributed by atoms with E-state index in [1.54, 1.807) is 30.3 Å². The van der Waals surface area contributed by atoms with E-state index in [0.717, 1.165) is 0 Å². The van der Waals surface area contributed by atoms with Gasteiger partial charge in [-0.05, 0) is 49.8 Å². The van der Waals surface area contributed by atoms with Gasteiger partial charge in [-0.15, -0.1) is 0 Å². The van der Waals surface area contributed by atoms with Crippen LogP contribution in [0.4, 0.5) is 0 Å². The van der Waals surface area contributed by atoms with Crippen LogP contribution < -0.4 is 9.47 Å². The molecule has 2 heterocycles. The molecule has 5 nitrogen and oxygen atoms in total. The van der Waals surface area contributed by atoms with Crippen LogP contribution in [-0.2, 0) is 0 Å². The van der Waals surface area contributed by atoms with Crippen molar-refractivity contribution in [2.24, 2.45) is 0 Å². The lowest BCUT2D eigenvalue weighted by molar-refractivity contribution is 0.0615. The number of Topliss-reactive ketones (excluding diaryl/α,β-unsaturated/α-hetero) is 2. The molecule has 2 aliphatic heterocycles. The summed E-state index contributed by atoms with van der Waals surface area (Å²) >= 11 is 0. The van der Waals surface area contributed by atoms with Crippen molar-refractivity contribution in [1.29, 1.82) is 0 Å². The Morgan fingerprint density at radius 1 is 1.08 bits per heavy atom. The number of ketones is 2. The summed E-state index contributed by atoms with van der Waals surface area (Å²) in [4.78, 5) is 25.1. The van der Waals surface area contributed by atoms with Crippen LogP contribution in [0.5, 0.6) is 17.2 Å². The van der Waals surface area contributed by atoms with E-state index in [4.69, 9.17) is 9.47 Å². The molecule has 0 bridgehead atoms. The first kappa shape index (κ1) is 15.4. The maximum atomic E-state index is 12.6. The average Bonchev–Trinajstić information content (AvgIpc) is 2.84. The standard InChI is InChI=1S/C20H16O5/c1-20(2)10-14(22)17-15(25-20)8-7-13-18(23)16(24-19(13)17)9-11-3-5-12(21)6-4-11/h3-9,21H,10H2,1-2H3. The van der Waals surface area contributed by atoms with E-state index in [-0.39, 0.29) is 35.2 Å². The van der Waals surface area contributed by atoms with E-state index >= 15 is 0 Å². The maximum Gasteiger partial charge on any atom is 0.231 e. The van der Waals surface area contributed by atoms with E-state index in [1.807, 2.05) is 13.8 Å². The van der Waals surface area contributed by atoms with E-state index in [1.165, 1.54) is 12.1 Å². The van der Waals surface area contributed by atoms with Crippen LogP contribution in [-0.4, -0.2) is 22.3 Å². The van der Waals surface area contributed by atoms with E-state index in [9.17, 15) is 14.7 Å². The summed E-state index contributed by atoms with van der Waals surface area (Å²) in [7, 11) is 0. The molecule has 0 fully saturated rings. The highest BCUT2D eigenvalue weighted by Crippen LogP contribution is 2.44. The molecular weight excluding hydrogens is 320 g/mol. The molecule has 0 radical (unpaired) electrons. The summed E-state index contributed by atoms with van der Waals surface area (Å²) in [6, 6.07) is 9.68. The van der Waals surface area contributed by atoms with Crippen LogP contribution in [0.3, 0.4) is 0 Å². The quantitative estimate of drug-likeness (QED) is 0.803. The number of aromatic hydroxyl groups is 1. The van der Waals surface area contributed by atoms with E-state index < -0.39 is 5.60 Å². The Hall–Kier alpha value is -3.08. The average molecular weight is 336 g/mol. The number of phenols is 1. The monoisotopic (exact) mass is 336 g/mol. The SMILES string of the molecule is CC1(C)CC(=O)c2c(ccc3c2OC(=Cc2ccc(O)cc2)C3=O)O1. The van der Waals surface area contributed by atoms with Gasteiger partial charge < -0.3 is 14.6 Å². The Labute approximate surface area is 144 Å². The zero-order chi connectivity index (χ0) is 17.8. The van der Waals surface area contributed by atoms with Gasteiger partial charge in [0.1, 0.15) is 22.7 Å². The number of benzene rings is 2. The number of ether oxygens (including phenoxy) is 2. The summed E-state index contributed by atoms with van der Waals surface area (Å²) in [5, 5.41) is 9.35. The summed E-state index contributed by atoms with van der Waals surface area (Å²) in [6.07, 6.45) is 1.82. The topological polar surface area (TPSA) is 72.8 Å². The molecule has 2 aromatic rings. The molecule has 5 heteroatoms. The number of phenolic OH excluding ortho intramolecular Hbond substituents is 1. The second-order valence-electron chi connectivity index (χ2n) is 6.81. The van der Waals surface area contributed by atoms with Crippen molar-refractivity contribution in [3.8, 4) is 17.2 Å². The van der Waals surface area contributed by atoms with E-state index in [0.29, 0.717) is 22.4 Å². The molecule has 4 rings (SSSR count). The fourth-order valence-electron chi connectivity index (χ4n) is 3.11. The fourth-order valence-corrected chi connectivity index (χ4v) is 3.11. The molecule has 2 aliphatic rings. The second-order valence-corrected chi connectivity index (χ2v) is 6.81. The van der Waals surface area contributed by atoms with Gasteiger partial charge in [0.15, 0.2) is 17.3 Å². The molecule has 0 saturated carbocycles. The molecule has 126 valence electrons. The van der Waals surface area contributed by atoms with Crippen molar-refractivity contribution in [3.63, 3.8) is 0 Å². The largest absolute Gasteiger partial charge is 0.508 e. The highest BCUT2D eigenvalue weighted by Gasteiger charge is 2.39. The molecule has 0 aromatic heterocycles. The summed E-state index contributed by atoms with van der Waals surface area (Å²) < 4.78 is 11.6. The van der Waals surface area contributed by atoms with Crippen molar-refractivity contribution in [3.05, 3.63) is 58.8 Å². The minimum Gasteiger partial charge on any atom is -0.508 e. The van der Waals surface area contributed by atoms with Crippen LogP contribution in [0.15, 0.2) is 42.2 Å². The lowest BCUT2D eigenvalue weighted by Crippen LogP contribution is -2.36. The minimum absolute atomic E-state index is 0.0956. The molecule has 25 heavy (non-hydrogen) atoms. The number of allylic oxidation sites excluding steroid dienone is 1. The summed E-state index contributed by atoms with van der Waals surface area (Å²) in [6.45, 7) is 3.70. The Kier molecular flexibility index (Phi) is 3.22. The third kappa shape index (κ3) is 2.58.